The summed E-state index contributed by atoms with van der Waals surface area (Å²) in [5.41, 5.74) is -1.00. The van der Waals surface area contributed by atoms with Gasteiger partial charge in [0.1, 0.15) is 11.4 Å². The summed E-state index contributed by atoms with van der Waals surface area (Å²) in [6.07, 6.45) is 1.12. The van der Waals surface area contributed by atoms with Crippen LogP contribution < -0.4 is 4.74 Å². The molecular formula is C14H16O4S2. The Hall–Kier alpha value is -1.37. The van der Waals surface area contributed by atoms with Crippen LogP contribution in [0, 0.1) is 0 Å². The van der Waals surface area contributed by atoms with Gasteiger partial charge in [-0.2, -0.15) is 0 Å². The number of hydrogen-bond donors (Lipinski definition) is 1. The van der Waals surface area contributed by atoms with Gasteiger partial charge in [-0.3, -0.25) is 0 Å². The lowest BCUT2D eigenvalue weighted by Gasteiger charge is -2.27. The number of rotatable bonds is 5. The van der Waals surface area contributed by atoms with Crippen molar-refractivity contribution in [1.29, 1.82) is 0 Å². The largest absolute Gasteiger partial charge is 0.497 e. The van der Waals surface area contributed by atoms with Crippen molar-refractivity contribution >= 4 is 21.2 Å². The fourth-order valence-corrected chi connectivity index (χ4v) is 4.08. The number of hydrogen-bond acceptors (Lipinski definition) is 5. The number of sulfone groups is 1. The van der Waals surface area contributed by atoms with Crippen LogP contribution >= 0.6 is 11.3 Å². The first-order valence-electron chi connectivity index (χ1n) is 5.94. The van der Waals surface area contributed by atoms with Crippen LogP contribution in [-0.4, -0.2) is 32.6 Å². The maximum Gasteiger partial charge on any atom is 0.151 e. The molecule has 1 N–H and O–H groups in total. The maximum atomic E-state index is 11.7. The molecule has 0 aliphatic heterocycles. The molecule has 0 spiro atoms. The molecule has 1 aromatic carbocycles. The molecule has 1 heterocycles. The first-order valence-corrected chi connectivity index (χ1v) is 8.88. The zero-order valence-corrected chi connectivity index (χ0v) is 12.9. The van der Waals surface area contributed by atoms with Crippen LogP contribution in [0.5, 0.6) is 5.75 Å². The summed E-state index contributed by atoms with van der Waals surface area (Å²) >= 11 is 1.33. The summed E-state index contributed by atoms with van der Waals surface area (Å²) in [7, 11) is -1.79. The van der Waals surface area contributed by atoms with Gasteiger partial charge >= 0.3 is 0 Å². The predicted octanol–water partition coefficient (Wildman–Crippen LogP) is 2.04. The van der Waals surface area contributed by atoms with Gasteiger partial charge in [-0.15, -0.1) is 11.3 Å². The normalized spacial score (nSPS) is 14.8. The standard InChI is InChI=1S/C14H16O4S2/c1-18-12-7-5-11(6-8-12)14(15,10-20(2,16)17)13-4-3-9-19-13/h3-9,15H,10H2,1-2H3/t14-/m0/s1. The highest BCUT2D eigenvalue weighted by atomic mass is 32.2. The van der Waals surface area contributed by atoms with E-state index in [1.807, 2.05) is 5.38 Å². The van der Waals surface area contributed by atoms with Gasteiger partial charge in [0.15, 0.2) is 9.84 Å². The van der Waals surface area contributed by atoms with Crippen LogP contribution in [0.15, 0.2) is 41.8 Å². The molecule has 0 saturated carbocycles. The molecule has 0 radical (unpaired) electrons. The number of methoxy groups -OCH3 is 1. The molecule has 0 fully saturated rings. The number of thiophene rings is 1. The van der Waals surface area contributed by atoms with Gasteiger partial charge in [-0.05, 0) is 29.1 Å². The molecule has 0 unspecified atom stereocenters. The summed E-state index contributed by atoms with van der Waals surface area (Å²) in [5.74, 6) is 0.300. The number of benzene rings is 1. The van der Waals surface area contributed by atoms with Gasteiger partial charge in [0, 0.05) is 11.1 Å². The van der Waals surface area contributed by atoms with E-state index in [-0.39, 0.29) is 5.75 Å². The quantitative estimate of drug-likeness (QED) is 0.917. The molecule has 20 heavy (non-hydrogen) atoms. The van der Waals surface area contributed by atoms with Crippen LogP contribution in [-0.2, 0) is 15.4 Å². The van der Waals surface area contributed by atoms with Gasteiger partial charge in [-0.1, -0.05) is 18.2 Å². The van der Waals surface area contributed by atoms with E-state index < -0.39 is 15.4 Å². The van der Waals surface area contributed by atoms with Crippen molar-refractivity contribution in [2.24, 2.45) is 0 Å². The second-order valence-corrected chi connectivity index (χ2v) is 7.72. The molecule has 1 atom stereocenters. The number of ether oxygens (including phenoxy) is 1. The van der Waals surface area contributed by atoms with Crippen molar-refractivity contribution in [1.82, 2.24) is 0 Å². The highest BCUT2D eigenvalue weighted by Crippen LogP contribution is 2.34. The summed E-state index contributed by atoms with van der Waals surface area (Å²) in [6, 6.07) is 10.3. The first kappa shape index (κ1) is 15.0. The molecule has 0 aliphatic rings. The Morgan fingerprint density at radius 2 is 1.90 bits per heavy atom. The third-order valence-corrected chi connectivity index (χ3v) is 4.93. The third kappa shape index (κ3) is 3.20. The molecule has 4 nitrogen and oxygen atoms in total. The van der Waals surface area contributed by atoms with E-state index in [2.05, 4.69) is 0 Å². The Labute approximate surface area is 122 Å². The Kier molecular flexibility index (Phi) is 4.17. The summed E-state index contributed by atoms with van der Waals surface area (Å²) in [4.78, 5) is 0.605. The van der Waals surface area contributed by atoms with E-state index in [1.165, 1.54) is 11.3 Å². The first-order chi connectivity index (χ1) is 9.35. The lowest BCUT2D eigenvalue weighted by atomic mass is 9.94. The highest BCUT2D eigenvalue weighted by Gasteiger charge is 2.36. The molecule has 0 aliphatic carbocycles. The summed E-state index contributed by atoms with van der Waals surface area (Å²) in [5, 5.41) is 12.7. The average molecular weight is 312 g/mol. The lowest BCUT2D eigenvalue weighted by molar-refractivity contribution is 0.109. The van der Waals surface area contributed by atoms with Gasteiger partial charge < -0.3 is 9.84 Å². The zero-order chi connectivity index (χ0) is 14.8. The van der Waals surface area contributed by atoms with Crippen molar-refractivity contribution in [2.45, 2.75) is 5.60 Å². The molecule has 0 saturated heterocycles. The lowest BCUT2D eigenvalue weighted by Crippen LogP contribution is -2.34. The van der Waals surface area contributed by atoms with E-state index in [1.54, 1.807) is 43.5 Å². The Balaban J connectivity index is 2.51. The Morgan fingerprint density at radius 1 is 1.25 bits per heavy atom. The Morgan fingerprint density at radius 3 is 2.35 bits per heavy atom. The van der Waals surface area contributed by atoms with Crippen molar-refractivity contribution in [3.63, 3.8) is 0 Å². The zero-order valence-electron chi connectivity index (χ0n) is 11.2. The second kappa shape index (κ2) is 5.55. The fraction of sp³-hybridized carbons (Fsp3) is 0.286. The van der Waals surface area contributed by atoms with E-state index in [9.17, 15) is 13.5 Å². The predicted molar refractivity (Wildman–Crippen MR) is 80.0 cm³/mol. The molecule has 108 valence electrons. The SMILES string of the molecule is COc1ccc([C@@](O)(CS(C)(=O)=O)c2cccs2)cc1. The molecule has 0 bridgehead atoms. The van der Waals surface area contributed by atoms with Gasteiger partial charge in [0.05, 0.1) is 12.9 Å². The second-order valence-electron chi connectivity index (χ2n) is 4.64. The van der Waals surface area contributed by atoms with Crippen LogP contribution in [0.4, 0.5) is 0 Å². The van der Waals surface area contributed by atoms with Gasteiger partial charge in [-0.25, -0.2) is 8.42 Å². The van der Waals surface area contributed by atoms with Crippen molar-refractivity contribution in [2.75, 3.05) is 19.1 Å². The Bertz CT molecular complexity index is 660. The smallest absolute Gasteiger partial charge is 0.151 e. The fourth-order valence-electron chi connectivity index (χ4n) is 2.06. The average Bonchev–Trinajstić information content (AvgIpc) is 2.91. The molecular weight excluding hydrogens is 296 g/mol. The molecule has 6 heteroatoms. The minimum absolute atomic E-state index is 0.354. The van der Waals surface area contributed by atoms with Crippen LogP contribution in [0.1, 0.15) is 10.4 Å². The molecule has 2 rings (SSSR count). The van der Waals surface area contributed by atoms with E-state index in [0.29, 0.717) is 16.2 Å². The summed E-state index contributed by atoms with van der Waals surface area (Å²) < 4.78 is 28.4. The number of aliphatic hydroxyl groups is 1. The maximum absolute atomic E-state index is 11.7. The molecule has 2 aromatic rings. The molecule has 0 amide bonds. The van der Waals surface area contributed by atoms with E-state index in [0.717, 1.165) is 6.26 Å². The van der Waals surface area contributed by atoms with Crippen molar-refractivity contribution in [3.05, 3.63) is 52.2 Å². The molecule has 1 aromatic heterocycles. The minimum Gasteiger partial charge on any atom is -0.497 e. The van der Waals surface area contributed by atoms with Gasteiger partial charge in [0.2, 0.25) is 0 Å². The van der Waals surface area contributed by atoms with Gasteiger partial charge in [0.25, 0.3) is 0 Å². The topological polar surface area (TPSA) is 63.6 Å². The van der Waals surface area contributed by atoms with Crippen molar-refractivity contribution < 1.29 is 18.3 Å². The summed E-state index contributed by atoms with van der Waals surface area (Å²) in [6.45, 7) is 0. The van der Waals surface area contributed by atoms with E-state index >= 15 is 0 Å². The van der Waals surface area contributed by atoms with Crippen LogP contribution in [0.3, 0.4) is 0 Å². The highest BCUT2D eigenvalue weighted by molar-refractivity contribution is 7.90. The minimum atomic E-state index is -3.35. The van der Waals surface area contributed by atoms with Crippen LogP contribution in [0.25, 0.3) is 0 Å². The van der Waals surface area contributed by atoms with E-state index in [4.69, 9.17) is 4.74 Å². The monoisotopic (exact) mass is 312 g/mol. The third-order valence-electron chi connectivity index (χ3n) is 2.97. The van der Waals surface area contributed by atoms with Crippen molar-refractivity contribution in [3.8, 4) is 5.75 Å². The van der Waals surface area contributed by atoms with Crippen LogP contribution in [0.2, 0.25) is 0 Å².